The van der Waals surface area contributed by atoms with Crippen LogP contribution in [0.3, 0.4) is 0 Å². The Labute approximate surface area is 126 Å². The highest BCUT2D eigenvalue weighted by atomic mass is 35.5. The summed E-state index contributed by atoms with van der Waals surface area (Å²) in [7, 11) is 0. The number of halogens is 1. The number of rotatable bonds is 3. The van der Waals surface area contributed by atoms with Crippen LogP contribution in [-0.4, -0.2) is 52.7 Å². The first-order valence-corrected chi connectivity index (χ1v) is 6.79. The van der Waals surface area contributed by atoms with Crippen molar-refractivity contribution in [1.29, 1.82) is 0 Å². The van der Waals surface area contributed by atoms with Crippen molar-refractivity contribution in [3.63, 3.8) is 0 Å². The Balaban J connectivity index is 2.26. The average molecular weight is 315 g/mol. The van der Waals surface area contributed by atoms with Gasteiger partial charge in [-0.1, -0.05) is 11.6 Å². The van der Waals surface area contributed by atoms with E-state index in [2.05, 4.69) is 0 Å². The van der Waals surface area contributed by atoms with E-state index in [-0.39, 0.29) is 41.4 Å². The highest BCUT2D eigenvalue weighted by molar-refractivity contribution is 6.32. The molecule has 0 aliphatic carbocycles. The van der Waals surface area contributed by atoms with Gasteiger partial charge in [0.2, 0.25) is 0 Å². The van der Waals surface area contributed by atoms with Crippen LogP contribution >= 0.6 is 11.6 Å². The second-order valence-corrected chi connectivity index (χ2v) is 5.27. The molecule has 2 rings (SSSR count). The molecule has 0 saturated carbocycles. The third kappa shape index (κ3) is 3.31. The van der Waals surface area contributed by atoms with Crippen LogP contribution in [0.4, 0.5) is 5.69 Å². The average Bonchev–Trinajstić information content (AvgIpc) is 2.47. The van der Waals surface area contributed by atoms with Crippen LogP contribution in [0.2, 0.25) is 5.02 Å². The number of amides is 1. The molecule has 8 heteroatoms. The molecule has 0 radical (unpaired) electrons. The molecule has 1 heterocycles. The second-order valence-electron chi connectivity index (χ2n) is 4.87. The van der Waals surface area contributed by atoms with Crippen LogP contribution in [0.5, 0.6) is 0 Å². The van der Waals surface area contributed by atoms with Crippen molar-refractivity contribution in [1.82, 2.24) is 4.90 Å². The first-order chi connectivity index (χ1) is 9.93. The van der Waals surface area contributed by atoms with E-state index in [1.165, 1.54) is 23.1 Å². The molecule has 114 valence electrons. The lowest BCUT2D eigenvalue weighted by Gasteiger charge is -2.37. The number of nitro groups is 1. The van der Waals surface area contributed by atoms with Gasteiger partial charge in [-0.15, -0.1) is 0 Å². The van der Waals surface area contributed by atoms with E-state index in [0.717, 1.165) is 0 Å². The summed E-state index contributed by atoms with van der Waals surface area (Å²) >= 11 is 5.74. The predicted molar refractivity (Wildman–Crippen MR) is 75.4 cm³/mol. The maximum atomic E-state index is 12.5. The lowest BCUT2D eigenvalue weighted by molar-refractivity contribution is -0.384. The number of morpholine rings is 1. The lowest BCUT2D eigenvalue weighted by Crippen LogP contribution is -2.52. The second kappa shape index (κ2) is 6.38. The van der Waals surface area contributed by atoms with Crippen LogP contribution in [-0.2, 0) is 4.74 Å². The van der Waals surface area contributed by atoms with Gasteiger partial charge in [0, 0.05) is 18.2 Å². The van der Waals surface area contributed by atoms with E-state index in [0.29, 0.717) is 6.61 Å². The highest BCUT2D eigenvalue weighted by Crippen LogP contribution is 2.26. The number of hydrogen-bond donors (Lipinski definition) is 1. The molecule has 0 aromatic heterocycles. The molecular formula is C13H15ClN2O5. The van der Waals surface area contributed by atoms with Gasteiger partial charge < -0.3 is 14.7 Å². The molecular weight excluding hydrogens is 300 g/mol. The van der Waals surface area contributed by atoms with Gasteiger partial charge in [-0.25, -0.2) is 0 Å². The molecule has 21 heavy (non-hydrogen) atoms. The van der Waals surface area contributed by atoms with Crippen molar-refractivity contribution in [3.8, 4) is 0 Å². The number of carbonyl (C=O) groups is 1. The van der Waals surface area contributed by atoms with Crippen LogP contribution in [0.25, 0.3) is 0 Å². The van der Waals surface area contributed by atoms with E-state index < -0.39 is 11.0 Å². The molecule has 1 fully saturated rings. The Hall–Kier alpha value is -1.70. The van der Waals surface area contributed by atoms with Gasteiger partial charge in [-0.05, 0) is 19.1 Å². The Morgan fingerprint density at radius 1 is 1.62 bits per heavy atom. The number of nitrogens with zero attached hydrogens (tertiary/aromatic N) is 2. The van der Waals surface area contributed by atoms with Crippen molar-refractivity contribution >= 4 is 23.2 Å². The quantitative estimate of drug-likeness (QED) is 0.673. The molecule has 1 N–H and O–H groups in total. The largest absolute Gasteiger partial charge is 0.394 e. The minimum Gasteiger partial charge on any atom is -0.394 e. The summed E-state index contributed by atoms with van der Waals surface area (Å²) < 4.78 is 5.36. The van der Waals surface area contributed by atoms with Crippen molar-refractivity contribution in [3.05, 3.63) is 38.9 Å². The number of nitro benzene ring substituents is 1. The Bertz CT molecular complexity index is 565. The maximum Gasteiger partial charge on any atom is 0.288 e. The normalized spacial score (nSPS) is 22.1. The van der Waals surface area contributed by atoms with Gasteiger partial charge in [0.05, 0.1) is 30.3 Å². The minimum absolute atomic E-state index is 0.0141. The molecule has 1 saturated heterocycles. The first-order valence-electron chi connectivity index (χ1n) is 6.41. The summed E-state index contributed by atoms with van der Waals surface area (Å²) in [5, 5.41) is 20.0. The molecule has 0 spiro atoms. The number of ether oxygens (including phenoxy) is 1. The Morgan fingerprint density at radius 2 is 2.33 bits per heavy atom. The fourth-order valence-corrected chi connectivity index (χ4v) is 2.35. The van der Waals surface area contributed by atoms with E-state index in [1.54, 1.807) is 0 Å². The summed E-state index contributed by atoms with van der Waals surface area (Å²) in [6.45, 7) is 2.19. The fourth-order valence-electron chi connectivity index (χ4n) is 2.16. The molecule has 1 aliphatic heterocycles. The monoisotopic (exact) mass is 314 g/mol. The third-order valence-corrected chi connectivity index (χ3v) is 3.68. The molecule has 1 amide bonds. The zero-order valence-corrected chi connectivity index (χ0v) is 12.1. The standard InChI is InChI=1S/C13H15ClN2O5/c1-8-7-21-10(6-17)5-15(8)13(18)9-2-3-11(14)12(4-9)16(19)20/h2-4,8,10,17H,5-7H2,1H3. The topological polar surface area (TPSA) is 92.9 Å². The number of aliphatic hydroxyl groups is 1. The van der Waals surface area contributed by atoms with Crippen LogP contribution in [0, 0.1) is 10.1 Å². The summed E-state index contributed by atoms with van der Waals surface area (Å²) in [6, 6.07) is 3.78. The fraction of sp³-hybridized carbons (Fsp3) is 0.462. The van der Waals surface area contributed by atoms with Crippen molar-refractivity contribution in [2.45, 2.75) is 19.1 Å². The number of carbonyl (C=O) groups excluding carboxylic acids is 1. The Morgan fingerprint density at radius 3 is 2.95 bits per heavy atom. The summed E-state index contributed by atoms with van der Waals surface area (Å²) in [6.07, 6.45) is -0.438. The van der Waals surface area contributed by atoms with Gasteiger partial charge in [-0.2, -0.15) is 0 Å². The molecule has 2 atom stereocenters. The van der Waals surface area contributed by atoms with Gasteiger partial charge in [-0.3, -0.25) is 14.9 Å². The predicted octanol–water partition coefficient (Wildman–Crippen LogP) is 1.47. The molecule has 0 bridgehead atoms. The number of aliphatic hydroxyl groups excluding tert-OH is 1. The smallest absolute Gasteiger partial charge is 0.288 e. The Kier molecular flexibility index (Phi) is 4.76. The van der Waals surface area contributed by atoms with Gasteiger partial charge >= 0.3 is 0 Å². The molecule has 1 aliphatic rings. The van der Waals surface area contributed by atoms with Crippen LogP contribution in [0.15, 0.2) is 18.2 Å². The summed E-state index contributed by atoms with van der Waals surface area (Å²) in [5.74, 6) is -0.344. The van der Waals surface area contributed by atoms with Gasteiger partial charge in [0.25, 0.3) is 11.6 Å². The molecule has 2 unspecified atom stereocenters. The third-order valence-electron chi connectivity index (χ3n) is 3.36. The van der Waals surface area contributed by atoms with Crippen LogP contribution < -0.4 is 0 Å². The maximum absolute atomic E-state index is 12.5. The van der Waals surface area contributed by atoms with Crippen molar-refractivity contribution in [2.75, 3.05) is 19.8 Å². The van der Waals surface area contributed by atoms with E-state index in [1.807, 2.05) is 6.92 Å². The van der Waals surface area contributed by atoms with E-state index in [4.69, 9.17) is 21.4 Å². The molecule has 1 aromatic carbocycles. The molecule has 7 nitrogen and oxygen atoms in total. The van der Waals surface area contributed by atoms with E-state index in [9.17, 15) is 14.9 Å². The highest BCUT2D eigenvalue weighted by Gasteiger charge is 2.30. The zero-order chi connectivity index (χ0) is 15.6. The summed E-state index contributed by atoms with van der Waals surface area (Å²) in [5.41, 5.74) is -0.112. The lowest BCUT2D eigenvalue weighted by atomic mass is 10.1. The summed E-state index contributed by atoms with van der Waals surface area (Å²) in [4.78, 5) is 24.3. The number of hydrogen-bond acceptors (Lipinski definition) is 5. The first kappa shape index (κ1) is 15.7. The molecule has 1 aromatic rings. The zero-order valence-electron chi connectivity index (χ0n) is 11.4. The SMILES string of the molecule is CC1COC(CO)CN1C(=O)c1ccc(Cl)c([N+](=O)[O-])c1. The van der Waals surface area contributed by atoms with Gasteiger partial charge in [0.15, 0.2) is 0 Å². The minimum atomic E-state index is -0.627. The van der Waals surface area contributed by atoms with E-state index >= 15 is 0 Å². The van der Waals surface area contributed by atoms with Crippen molar-refractivity contribution in [2.24, 2.45) is 0 Å². The number of benzene rings is 1. The van der Waals surface area contributed by atoms with Crippen LogP contribution in [0.1, 0.15) is 17.3 Å². The van der Waals surface area contributed by atoms with Crippen molar-refractivity contribution < 1.29 is 19.6 Å². The van der Waals surface area contributed by atoms with Gasteiger partial charge in [0.1, 0.15) is 5.02 Å².